The van der Waals surface area contributed by atoms with E-state index in [0.717, 1.165) is 0 Å². The van der Waals surface area contributed by atoms with E-state index in [1.165, 1.54) is 0 Å². The molecule has 6 nitrogen and oxygen atoms in total. The van der Waals surface area contributed by atoms with E-state index in [2.05, 4.69) is 20.3 Å². The van der Waals surface area contributed by atoms with Gasteiger partial charge in [-0.05, 0) is 0 Å². The molecule has 61 valence electrons. The Labute approximate surface area is 79.3 Å². The van der Waals surface area contributed by atoms with Crippen molar-refractivity contribution in [3.63, 3.8) is 0 Å². The number of fused-ring (bicyclic) bond motifs is 1. The van der Waals surface area contributed by atoms with Crippen LogP contribution >= 0.6 is 22.6 Å². The number of anilines is 1. The molecule has 0 unspecified atom stereocenters. The molecule has 0 amide bonds. The SMILES string of the molecule is O=c1[nH]c2c(c(=O)[nH]1)NC(I)=[N+]2. The van der Waals surface area contributed by atoms with E-state index in [9.17, 15) is 9.59 Å². The second-order valence-electron chi connectivity index (χ2n) is 2.16. The van der Waals surface area contributed by atoms with Gasteiger partial charge in [-0.15, -0.1) is 0 Å². The molecule has 1 aromatic heterocycles. The van der Waals surface area contributed by atoms with Gasteiger partial charge in [0.1, 0.15) is 0 Å². The fraction of sp³-hybridized carbons (Fsp3) is 0. The van der Waals surface area contributed by atoms with E-state index in [4.69, 9.17) is 0 Å². The van der Waals surface area contributed by atoms with Gasteiger partial charge in [-0.3, -0.25) is 15.1 Å². The Morgan fingerprint density at radius 3 is 2.75 bits per heavy atom. The predicted molar refractivity (Wildman–Crippen MR) is 52.1 cm³/mol. The number of nitrogens with one attached hydrogen (secondary N) is 3. The van der Waals surface area contributed by atoms with Crippen LogP contribution in [0.5, 0.6) is 0 Å². The quantitative estimate of drug-likeness (QED) is 0.430. The molecule has 0 spiro atoms. The number of hydrogen-bond acceptors (Lipinski definition) is 4. The number of hydrogen-bond donors (Lipinski definition) is 3. The number of rotatable bonds is 0. The summed E-state index contributed by atoms with van der Waals surface area (Å²) < 4.78 is 0.565. The van der Waals surface area contributed by atoms with E-state index < -0.39 is 11.2 Å². The second-order valence-corrected chi connectivity index (χ2v) is 3.18. The summed E-state index contributed by atoms with van der Waals surface area (Å²) in [6, 6.07) is 0. The van der Waals surface area contributed by atoms with Crippen molar-refractivity contribution >= 4 is 37.9 Å². The van der Waals surface area contributed by atoms with Crippen molar-refractivity contribution in [2.24, 2.45) is 0 Å². The molecule has 1 aromatic rings. The minimum absolute atomic E-state index is 0.285. The highest BCUT2D eigenvalue weighted by Crippen LogP contribution is 2.16. The predicted octanol–water partition coefficient (Wildman–Crippen LogP) is -0.753. The molecule has 3 N–H and O–H groups in total. The zero-order valence-corrected chi connectivity index (χ0v) is 7.80. The number of aliphatic imine (C=N–C) groups is 1. The Hall–Kier alpha value is -1.12. The van der Waals surface area contributed by atoms with Crippen LogP contribution in [-0.4, -0.2) is 13.8 Å². The molecule has 1 aliphatic rings. The Bertz CT molecular complexity index is 471. The molecule has 0 saturated heterocycles. The Morgan fingerprint density at radius 2 is 2.00 bits per heavy atom. The molecule has 7 heteroatoms. The second kappa shape index (κ2) is 2.44. The molecule has 0 aromatic carbocycles. The monoisotopic (exact) mass is 278 g/mol. The summed E-state index contributed by atoms with van der Waals surface area (Å²) in [7, 11) is 0. The number of aromatic nitrogens is 2. The van der Waals surface area contributed by atoms with Crippen molar-refractivity contribution in [2.75, 3.05) is 5.32 Å². The molecule has 2 rings (SSSR count). The maximum Gasteiger partial charge on any atom is 0.384 e. The normalized spacial score (nSPS) is 13.6. The number of H-pyrrole nitrogens is 2. The van der Waals surface area contributed by atoms with Crippen molar-refractivity contribution in [3.05, 3.63) is 20.8 Å². The summed E-state index contributed by atoms with van der Waals surface area (Å²) in [5.41, 5.74) is -0.710. The van der Waals surface area contributed by atoms with Crippen LogP contribution in [0.2, 0.25) is 0 Å². The van der Waals surface area contributed by atoms with Gasteiger partial charge in [0.15, 0.2) is 0 Å². The highest BCUT2D eigenvalue weighted by atomic mass is 127. The van der Waals surface area contributed by atoms with E-state index in [0.29, 0.717) is 9.53 Å². The van der Waals surface area contributed by atoms with Gasteiger partial charge in [-0.2, -0.15) is 0 Å². The van der Waals surface area contributed by atoms with Gasteiger partial charge in [0.05, 0.1) is 0 Å². The molecule has 2 heterocycles. The molecule has 0 aliphatic carbocycles. The van der Waals surface area contributed by atoms with Gasteiger partial charge in [0.2, 0.25) is 5.69 Å². The van der Waals surface area contributed by atoms with Gasteiger partial charge >= 0.3 is 11.5 Å². The number of aromatic amines is 2. The maximum atomic E-state index is 11.1. The topological polar surface area (TPSA) is 91.8 Å². The number of amidine groups is 1. The van der Waals surface area contributed by atoms with Crippen molar-refractivity contribution in [1.82, 2.24) is 15.0 Å². The first kappa shape index (κ1) is 7.53. The Morgan fingerprint density at radius 1 is 1.25 bits per heavy atom. The fourth-order valence-corrected chi connectivity index (χ4v) is 1.41. The van der Waals surface area contributed by atoms with Crippen LogP contribution < -0.4 is 21.6 Å². The molecule has 1 radical (unpaired) electrons. The molecule has 0 saturated carbocycles. The average molecular weight is 278 g/mol. The molecule has 0 atom stereocenters. The van der Waals surface area contributed by atoms with Crippen LogP contribution in [0.3, 0.4) is 0 Å². The van der Waals surface area contributed by atoms with Gasteiger partial charge in [0, 0.05) is 22.6 Å². The van der Waals surface area contributed by atoms with Crippen LogP contribution in [0.1, 0.15) is 0 Å². The minimum atomic E-state index is -0.546. The molecular weight excluding hydrogens is 275 g/mol. The third kappa shape index (κ3) is 1.05. The highest BCUT2D eigenvalue weighted by molar-refractivity contribution is 14.1. The largest absolute Gasteiger partial charge is 0.384 e. The van der Waals surface area contributed by atoms with Crippen molar-refractivity contribution in [3.8, 4) is 0 Å². The molecule has 0 bridgehead atoms. The van der Waals surface area contributed by atoms with Gasteiger partial charge < -0.3 is 0 Å². The van der Waals surface area contributed by atoms with Gasteiger partial charge in [-0.25, -0.2) is 9.78 Å². The summed E-state index contributed by atoms with van der Waals surface area (Å²) in [4.78, 5) is 30.2. The van der Waals surface area contributed by atoms with Crippen LogP contribution in [0.15, 0.2) is 9.59 Å². The summed E-state index contributed by atoms with van der Waals surface area (Å²) in [6.45, 7) is 0. The van der Waals surface area contributed by atoms with Crippen molar-refractivity contribution in [2.45, 2.75) is 0 Å². The third-order valence-electron chi connectivity index (χ3n) is 1.36. The standard InChI is InChI=1S/C5H3IN4O2/c6-4-7-1-2(8-4)9-5(12)10-3(1)11/h7H,(H2,9,10,11,12)/q+1. The molecule has 12 heavy (non-hydrogen) atoms. The molecule has 0 fully saturated rings. The lowest BCUT2D eigenvalue weighted by Crippen LogP contribution is -2.23. The Kier molecular flexibility index (Phi) is 1.53. The van der Waals surface area contributed by atoms with E-state index in [1.54, 1.807) is 0 Å². The summed E-state index contributed by atoms with van der Waals surface area (Å²) in [5.74, 6) is 0.285. The highest BCUT2D eigenvalue weighted by Gasteiger charge is 2.25. The molecular formula is C5H3IN4O2+. The van der Waals surface area contributed by atoms with E-state index in [-0.39, 0.29) is 5.82 Å². The van der Waals surface area contributed by atoms with E-state index >= 15 is 0 Å². The van der Waals surface area contributed by atoms with Crippen LogP contribution in [0.4, 0.5) is 11.5 Å². The van der Waals surface area contributed by atoms with Gasteiger partial charge in [-0.1, -0.05) is 4.99 Å². The summed E-state index contributed by atoms with van der Waals surface area (Å²) in [5, 5.41) is 2.72. The lowest BCUT2D eigenvalue weighted by molar-refractivity contribution is 1.03. The van der Waals surface area contributed by atoms with E-state index in [1.807, 2.05) is 22.6 Å². The molecule has 1 aliphatic heterocycles. The fourth-order valence-electron chi connectivity index (χ4n) is 0.904. The van der Waals surface area contributed by atoms with Crippen molar-refractivity contribution < 1.29 is 0 Å². The first-order chi connectivity index (χ1) is 5.66. The van der Waals surface area contributed by atoms with Gasteiger partial charge in [0.25, 0.3) is 9.40 Å². The first-order valence-corrected chi connectivity index (χ1v) is 4.12. The third-order valence-corrected chi connectivity index (χ3v) is 1.87. The lowest BCUT2D eigenvalue weighted by Gasteiger charge is -1.85. The Balaban J connectivity index is 2.78. The van der Waals surface area contributed by atoms with Crippen LogP contribution in [0, 0.1) is 0 Å². The first-order valence-electron chi connectivity index (χ1n) is 3.04. The lowest BCUT2D eigenvalue weighted by atomic mass is 10.5. The average Bonchev–Trinajstić information content (AvgIpc) is 2.29. The summed E-state index contributed by atoms with van der Waals surface area (Å²) >= 11 is 1.92. The van der Waals surface area contributed by atoms with Crippen LogP contribution in [0.25, 0.3) is 0 Å². The minimum Gasteiger partial charge on any atom is -0.265 e. The maximum absolute atomic E-state index is 11.1. The van der Waals surface area contributed by atoms with Crippen LogP contribution in [-0.2, 0) is 0 Å². The smallest absolute Gasteiger partial charge is 0.265 e. The number of nitrogens with zero attached hydrogens (tertiary/aromatic N) is 1. The van der Waals surface area contributed by atoms with Crippen molar-refractivity contribution in [1.29, 1.82) is 0 Å². The number of halogens is 1. The zero-order chi connectivity index (χ0) is 8.72. The summed E-state index contributed by atoms with van der Waals surface area (Å²) in [6.07, 6.45) is 0. The zero-order valence-electron chi connectivity index (χ0n) is 5.64.